The molecule has 0 unspecified atom stereocenters. The van der Waals surface area contributed by atoms with E-state index in [1.54, 1.807) is 12.3 Å². The average molecular weight is 433 g/mol. The first-order valence-corrected chi connectivity index (χ1v) is 10.6. The molecule has 3 heterocycles. The van der Waals surface area contributed by atoms with Gasteiger partial charge in [0.1, 0.15) is 22.9 Å². The molecule has 4 rings (SSSR count). The highest BCUT2D eigenvalue weighted by Gasteiger charge is 2.20. The van der Waals surface area contributed by atoms with Crippen LogP contribution in [0.4, 0.5) is 11.7 Å². The van der Waals surface area contributed by atoms with Gasteiger partial charge in [-0.2, -0.15) is 0 Å². The topological polar surface area (TPSA) is 111 Å². The van der Waals surface area contributed by atoms with Gasteiger partial charge in [0.2, 0.25) is 11.8 Å². The van der Waals surface area contributed by atoms with Crippen LogP contribution < -0.4 is 11.1 Å². The third-order valence-electron chi connectivity index (χ3n) is 5.26. The van der Waals surface area contributed by atoms with E-state index in [9.17, 15) is 4.79 Å². The number of benzene rings is 1. The number of rotatable bonds is 5. The molecule has 0 saturated carbocycles. The fourth-order valence-corrected chi connectivity index (χ4v) is 3.53. The first-order valence-electron chi connectivity index (χ1n) is 10.6. The first kappa shape index (κ1) is 21.5. The number of nitrogens with one attached hydrogen (secondary N) is 1. The van der Waals surface area contributed by atoms with E-state index in [0.29, 0.717) is 11.7 Å². The molecule has 3 N–H and O–H groups in total. The van der Waals surface area contributed by atoms with E-state index in [1.165, 1.54) is 0 Å². The van der Waals surface area contributed by atoms with E-state index in [-0.39, 0.29) is 23.7 Å². The number of carbonyl (C=O) groups is 1. The van der Waals surface area contributed by atoms with Gasteiger partial charge in [-0.1, -0.05) is 64.0 Å². The molecule has 8 nitrogen and oxygen atoms in total. The second kappa shape index (κ2) is 8.11. The highest BCUT2D eigenvalue weighted by molar-refractivity contribution is 5.91. The molecule has 0 saturated heterocycles. The number of imidazole rings is 1. The second-order valence-corrected chi connectivity index (χ2v) is 9.25. The SMILES string of the molecule is CC(C)c1nc(-c2ccc(CC(=O)Nc3cc(C(C)(C)C)no3)cc2)c2c(N)nccn12. The summed E-state index contributed by atoms with van der Waals surface area (Å²) in [5.41, 5.74) is 10.2. The molecule has 0 aliphatic rings. The summed E-state index contributed by atoms with van der Waals surface area (Å²) in [5, 5.41) is 6.79. The lowest BCUT2D eigenvalue weighted by Crippen LogP contribution is -2.14. The number of anilines is 2. The molecule has 166 valence electrons. The van der Waals surface area contributed by atoms with Crippen LogP contribution in [0.25, 0.3) is 16.8 Å². The van der Waals surface area contributed by atoms with Crippen LogP contribution in [0.5, 0.6) is 0 Å². The standard InChI is InChI=1S/C24H28N6O2/c1-14(2)23-28-20(21-22(25)26-10-11-30(21)23)16-8-6-15(7-9-16)12-18(31)27-19-13-17(29-32-19)24(3,4)5/h6-11,13-14H,12H2,1-5H3,(H2,25,26)(H,27,31). The number of hydrogen-bond acceptors (Lipinski definition) is 6. The monoisotopic (exact) mass is 432 g/mol. The summed E-state index contributed by atoms with van der Waals surface area (Å²) in [6, 6.07) is 9.50. The molecule has 0 aliphatic carbocycles. The Kier molecular flexibility index (Phi) is 5.46. The van der Waals surface area contributed by atoms with E-state index in [1.807, 2.05) is 55.6 Å². The van der Waals surface area contributed by atoms with Gasteiger partial charge < -0.3 is 10.3 Å². The fraction of sp³-hybridized carbons (Fsp3) is 0.333. The molecule has 0 spiro atoms. The van der Waals surface area contributed by atoms with Crippen molar-refractivity contribution in [1.82, 2.24) is 19.5 Å². The number of aromatic nitrogens is 4. The summed E-state index contributed by atoms with van der Waals surface area (Å²) in [4.78, 5) is 21.5. The lowest BCUT2D eigenvalue weighted by Gasteiger charge is -2.12. The number of nitrogens with zero attached hydrogens (tertiary/aromatic N) is 4. The van der Waals surface area contributed by atoms with Crippen LogP contribution in [-0.2, 0) is 16.6 Å². The van der Waals surface area contributed by atoms with E-state index < -0.39 is 0 Å². The summed E-state index contributed by atoms with van der Waals surface area (Å²) in [6.45, 7) is 10.3. The molecule has 4 aromatic rings. The van der Waals surface area contributed by atoms with Crippen LogP contribution >= 0.6 is 0 Å². The van der Waals surface area contributed by atoms with Crippen molar-refractivity contribution < 1.29 is 9.32 Å². The zero-order chi connectivity index (χ0) is 23.0. The third kappa shape index (κ3) is 4.21. The van der Waals surface area contributed by atoms with Crippen molar-refractivity contribution in [1.29, 1.82) is 0 Å². The first-order chi connectivity index (χ1) is 15.1. The van der Waals surface area contributed by atoms with Gasteiger partial charge >= 0.3 is 0 Å². The molecular formula is C24H28N6O2. The normalized spacial score (nSPS) is 11.9. The maximum atomic E-state index is 12.5. The van der Waals surface area contributed by atoms with Gasteiger partial charge in [0.05, 0.1) is 12.1 Å². The average Bonchev–Trinajstić information content (AvgIpc) is 3.34. The van der Waals surface area contributed by atoms with Crippen molar-refractivity contribution in [2.24, 2.45) is 0 Å². The Labute approximate surface area is 186 Å². The number of fused-ring (bicyclic) bond motifs is 1. The maximum absolute atomic E-state index is 12.5. The van der Waals surface area contributed by atoms with E-state index in [4.69, 9.17) is 15.2 Å². The molecule has 1 aromatic carbocycles. The Bertz CT molecular complexity index is 1260. The Morgan fingerprint density at radius 2 is 1.94 bits per heavy atom. The maximum Gasteiger partial charge on any atom is 0.231 e. The number of nitrogens with two attached hydrogens (primary N) is 1. The summed E-state index contributed by atoms with van der Waals surface area (Å²) in [6.07, 6.45) is 3.78. The molecule has 0 bridgehead atoms. The number of amides is 1. The van der Waals surface area contributed by atoms with Crippen LogP contribution in [0.2, 0.25) is 0 Å². The molecule has 0 fully saturated rings. The number of carbonyl (C=O) groups excluding carboxylic acids is 1. The molecule has 0 aliphatic heterocycles. The summed E-state index contributed by atoms with van der Waals surface area (Å²) in [7, 11) is 0. The molecule has 0 radical (unpaired) electrons. The van der Waals surface area contributed by atoms with Gasteiger partial charge in [-0.05, 0) is 5.56 Å². The quantitative estimate of drug-likeness (QED) is 0.478. The molecule has 8 heteroatoms. The Hall–Kier alpha value is -3.68. The van der Waals surface area contributed by atoms with Crippen molar-refractivity contribution in [2.45, 2.75) is 52.4 Å². The minimum absolute atomic E-state index is 0.145. The smallest absolute Gasteiger partial charge is 0.231 e. The zero-order valence-electron chi connectivity index (χ0n) is 19.0. The predicted molar refractivity (Wildman–Crippen MR) is 124 cm³/mol. The lowest BCUT2D eigenvalue weighted by molar-refractivity contribution is -0.115. The Morgan fingerprint density at radius 1 is 1.22 bits per heavy atom. The molecule has 0 atom stereocenters. The second-order valence-electron chi connectivity index (χ2n) is 9.25. The summed E-state index contributed by atoms with van der Waals surface area (Å²) < 4.78 is 7.23. The van der Waals surface area contributed by atoms with Crippen molar-refractivity contribution in [3.63, 3.8) is 0 Å². The van der Waals surface area contributed by atoms with Crippen LogP contribution in [0.15, 0.2) is 47.2 Å². The largest absolute Gasteiger partial charge is 0.382 e. The number of nitrogen functional groups attached to an aromatic ring is 1. The molecule has 1 amide bonds. The van der Waals surface area contributed by atoms with E-state index in [2.05, 4.69) is 29.3 Å². The molecule has 3 aromatic heterocycles. The van der Waals surface area contributed by atoms with Crippen molar-refractivity contribution in [2.75, 3.05) is 11.1 Å². The van der Waals surface area contributed by atoms with Crippen LogP contribution in [0.1, 0.15) is 57.6 Å². The summed E-state index contributed by atoms with van der Waals surface area (Å²) in [5.74, 6) is 1.78. The predicted octanol–water partition coefficient (Wildman–Crippen LogP) is 4.57. The fourth-order valence-electron chi connectivity index (χ4n) is 3.53. The van der Waals surface area contributed by atoms with Crippen molar-refractivity contribution in [3.05, 3.63) is 59.8 Å². The Balaban J connectivity index is 1.53. The van der Waals surface area contributed by atoms with Gasteiger partial charge in [-0.25, -0.2) is 9.97 Å². The van der Waals surface area contributed by atoms with Crippen LogP contribution in [0, 0.1) is 0 Å². The van der Waals surface area contributed by atoms with Gasteiger partial charge in [0.25, 0.3) is 0 Å². The van der Waals surface area contributed by atoms with Crippen molar-refractivity contribution in [3.8, 4) is 11.3 Å². The van der Waals surface area contributed by atoms with Crippen LogP contribution in [0.3, 0.4) is 0 Å². The number of hydrogen-bond donors (Lipinski definition) is 2. The van der Waals surface area contributed by atoms with E-state index in [0.717, 1.165) is 33.9 Å². The molecular weight excluding hydrogens is 404 g/mol. The van der Waals surface area contributed by atoms with Gasteiger partial charge in [0.15, 0.2) is 0 Å². The van der Waals surface area contributed by atoms with Crippen molar-refractivity contribution >= 4 is 23.1 Å². The zero-order valence-corrected chi connectivity index (χ0v) is 19.0. The molecule has 32 heavy (non-hydrogen) atoms. The van der Waals surface area contributed by atoms with Gasteiger partial charge in [-0.3, -0.25) is 14.5 Å². The minimum Gasteiger partial charge on any atom is -0.382 e. The minimum atomic E-state index is -0.169. The Morgan fingerprint density at radius 3 is 2.56 bits per heavy atom. The van der Waals surface area contributed by atoms with E-state index >= 15 is 0 Å². The van der Waals surface area contributed by atoms with Gasteiger partial charge in [-0.15, -0.1) is 0 Å². The highest BCUT2D eigenvalue weighted by atomic mass is 16.5. The van der Waals surface area contributed by atoms with Gasteiger partial charge in [0, 0.05) is 35.4 Å². The summed E-state index contributed by atoms with van der Waals surface area (Å²) >= 11 is 0. The third-order valence-corrected chi connectivity index (χ3v) is 5.26. The highest BCUT2D eigenvalue weighted by Crippen LogP contribution is 2.30. The lowest BCUT2D eigenvalue weighted by atomic mass is 9.92. The van der Waals surface area contributed by atoms with Crippen LogP contribution in [-0.4, -0.2) is 25.4 Å².